The fourth-order valence-corrected chi connectivity index (χ4v) is 3.82. The minimum absolute atomic E-state index is 0.109. The highest BCUT2D eigenvalue weighted by Gasteiger charge is 2.21. The summed E-state index contributed by atoms with van der Waals surface area (Å²) in [6.07, 6.45) is 4.70. The number of benzene rings is 2. The van der Waals surface area contributed by atoms with Gasteiger partial charge in [0.05, 0.1) is 29.7 Å². The van der Waals surface area contributed by atoms with Crippen LogP contribution in [0.1, 0.15) is 54.9 Å². The summed E-state index contributed by atoms with van der Waals surface area (Å²) in [6.45, 7) is 5.76. The maximum absolute atomic E-state index is 12.9. The van der Waals surface area contributed by atoms with Crippen LogP contribution in [0.2, 0.25) is 0 Å². The van der Waals surface area contributed by atoms with Gasteiger partial charge in [-0.1, -0.05) is 19.4 Å². The van der Waals surface area contributed by atoms with Crippen LogP contribution in [0.15, 0.2) is 41.2 Å². The van der Waals surface area contributed by atoms with Crippen LogP contribution in [0.4, 0.5) is 0 Å². The molecule has 0 spiro atoms. The lowest BCUT2D eigenvalue weighted by molar-refractivity contribution is 0.0697. The number of ether oxygens (including phenoxy) is 2. The van der Waals surface area contributed by atoms with Crippen LogP contribution < -0.4 is 15.0 Å². The highest BCUT2D eigenvalue weighted by molar-refractivity contribution is 5.93. The van der Waals surface area contributed by atoms with Gasteiger partial charge in [0, 0.05) is 6.54 Å². The zero-order valence-corrected chi connectivity index (χ0v) is 18.3. The standard InChI is InChI=1S/C25H26N2O5/c1-3-5-12-32-21-9-6-16(14-22(21)31-4-2)13-17-10-11-27-23(17)26-20-15-18(25(29)30)7-8-19(20)24(27)28/h6-9,13-15H,3-5,10-12H2,1-2H3,(H,29,30)/b17-13+. The number of carboxylic acid groups (broad SMARTS) is 1. The van der Waals surface area contributed by atoms with Crippen LogP contribution in [0.3, 0.4) is 0 Å². The quantitative estimate of drug-likeness (QED) is 0.521. The maximum atomic E-state index is 12.9. The SMILES string of the molecule is CCCCOc1ccc(/C=C2\CCn3c2nc2cc(C(=O)O)ccc2c3=O)cc1OCC. The van der Waals surface area contributed by atoms with Crippen molar-refractivity contribution in [1.29, 1.82) is 0 Å². The van der Waals surface area contributed by atoms with Gasteiger partial charge in [-0.25, -0.2) is 9.78 Å². The van der Waals surface area contributed by atoms with Crippen molar-refractivity contribution in [3.63, 3.8) is 0 Å². The van der Waals surface area contributed by atoms with Crippen LogP contribution in [0.5, 0.6) is 11.5 Å². The molecule has 0 saturated heterocycles. The molecule has 1 aliphatic heterocycles. The predicted octanol–water partition coefficient (Wildman–Crippen LogP) is 4.62. The molecule has 7 heteroatoms. The molecule has 0 atom stereocenters. The van der Waals surface area contributed by atoms with Gasteiger partial charge in [-0.15, -0.1) is 0 Å². The van der Waals surface area contributed by atoms with E-state index in [4.69, 9.17) is 9.47 Å². The van der Waals surface area contributed by atoms with E-state index in [2.05, 4.69) is 11.9 Å². The number of rotatable bonds is 8. The monoisotopic (exact) mass is 434 g/mol. The Bertz CT molecular complexity index is 1260. The van der Waals surface area contributed by atoms with Crippen molar-refractivity contribution < 1.29 is 19.4 Å². The third-order valence-electron chi connectivity index (χ3n) is 5.46. The van der Waals surface area contributed by atoms with Crippen molar-refractivity contribution in [3.05, 3.63) is 63.7 Å². The predicted molar refractivity (Wildman–Crippen MR) is 123 cm³/mol. The van der Waals surface area contributed by atoms with E-state index in [1.807, 2.05) is 31.2 Å². The Kier molecular flexibility index (Phi) is 6.25. The Morgan fingerprint density at radius 1 is 1.16 bits per heavy atom. The number of aromatic nitrogens is 2. The molecule has 166 valence electrons. The molecule has 0 fully saturated rings. The first-order valence-electron chi connectivity index (χ1n) is 10.9. The average Bonchev–Trinajstić information content (AvgIpc) is 3.18. The molecule has 0 aliphatic carbocycles. The number of nitrogens with zero attached hydrogens (tertiary/aromatic N) is 2. The van der Waals surface area contributed by atoms with Crippen molar-refractivity contribution in [2.24, 2.45) is 0 Å². The van der Waals surface area contributed by atoms with Gasteiger partial charge in [0.15, 0.2) is 11.5 Å². The van der Waals surface area contributed by atoms with E-state index in [9.17, 15) is 14.7 Å². The molecule has 4 rings (SSSR count). The van der Waals surface area contributed by atoms with Crippen LogP contribution in [0.25, 0.3) is 22.6 Å². The van der Waals surface area contributed by atoms with Crippen molar-refractivity contribution in [2.75, 3.05) is 13.2 Å². The molecule has 2 aromatic carbocycles. The topological polar surface area (TPSA) is 90.7 Å². The molecular formula is C25H26N2O5. The number of hydrogen-bond acceptors (Lipinski definition) is 5. The highest BCUT2D eigenvalue weighted by Crippen LogP contribution is 2.32. The van der Waals surface area contributed by atoms with Gasteiger partial charge in [-0.3, -0.25) is 9.36 Å². The fourth-order valence-electron chi connectivity index (χ4n) is 3.82. The van der Waals surface area contributed by atoms with E-state index in [0.717, 1.165) is 29.7 Å². The average molecular weight is 434 g/mol. The Morgan fingerprint density at radius 3 is 2.75 bits per heavy atom. The van der Waals surface area contributed by atoms with Crippen LogP contribution in [-0.2, 0) is 6.54 Å². The lowest BCUT2D eigenvalue weighted by atomic mass is 10.1. The molecule has 2 heterocycles. The van der Waals surface area contributed by atoms with Gasteiger partial charge in [-0.2, -0.15) is 0 Å². The van der Waals surface area contributed by atoms with Gasteiger partial charge >= 0.3 is 5.97 Å². The zero-order valence-electron chi connectivity index (χ0n) is 18.3. The summed E-state index contributed by atoms with van der Waals surface area (Å²) < 4.78 is 13.3. The summed E-state index contributed by atoms with van der Waals surface area (Å²) >= 11 is 0. The lowest BCUT2D eigenvalue weighted by Crippen LogP contribution is -2.21. The summed E-state index contributed by atoms with van der Waals surface area (Å²) in [7, 11) is 0. The molecule has 7 nitrogen and oxygen atoms in total. The summed E-state index contributed by atoms with van der Waals surface area (Å²) in [5.41, 5.74) is 2.20. The third kappa shape index (κ3) is 4.23. The number of fused-ring (bicyclic) bond motifs is 2. The van der Waals surface area contributed by atoms with Crippen molar-refractivity contribution in [3.8, 4) is 11.5 Å². The molecule has 0 radical (unpaired) electrons. The van der Waals surface area contributed by atoms with E-state index >= 15 is 0 Å². The summed E-state index contributed by atoms with van der Waals surface area (Å²) in [6, 6.07) is 10.2. The highest BCUT2D eigenvalue weighted by atomic mass is 16.5. The zero-order chi connectivity index (χ0) is 22.7. The van der Waals surface area contributed by atoms with Gasteiger partial charge in [0.1, 0.15) is 5.82 Å². The molecular weight excluding hydrogens is 408 g/mol. The second kappa shape index (κ2) is 9.26. The Morgan fingerprint density at radius 2 is 2.00 bits per heavy atom. The number of carboxylic acids is 1. The fraction of sp³-hybridized carbons (Fsp3) is 0.320. The van der Waals surface area contributed by atoms with Gasteiger partial charge in [0.25, 0.3) is 5.56 Å². The first kappa shape index (κ1) is 21.6. The summed E-state index contributed by atoms with van der Waals surface area (Å²) in [5.74, 6) is 0.933. The molecule has 3 aromatic rings. The molecule has 1 aromatic heterocycles. The summed E-state index contributed by atoms with van der Waals surface area (Å²) in [5, 5.41) is 9.69. The smallest absolute Gasteiger partial charge is 0.335 e. The van der Waals surface area contributed by atoms with Gasteiger partial charge in [-0.05, 0) is 67.3 Å². The minimum atomic E-state index is -1.05. The number of carbonyl (C=O) groups is 1. The molecule has 0 bridgehead atoms. The van der Waals surface area contributed by atoms with Crippen LogP contribution in [0, 0.1) is 0 Å². The van der Waals surface area contributed by atoms with Crippen molar-refractivity contribution >= 4 is 28.5 Å². The Labute approximate surface area is 185 Å². The largest absolute Gasteiger partial charge is 0.490 e. The molecule has 0 unspecified atom stereocenters. The number of unbranched alkanes of at least 4 members (excludes halogenated alkanes) is 1. The van der Waals surface area contributed by atoms with Gasteiger partial charge < -0.3 is 14.6 Å². The molecule has 1 N–H and O–H groups in total. The first-order chi connectivity index (χ1) is 15.5. The van der Waals surface area contributed by atoms with E-state index in [1.54, 1.807) is 4.57 Å². The number of hydrogen-bond donors (Lipinski definition) is 1. The lowest BCUT2D eigenvalue weighted by Gasteiger charge is -2.12. The van der Waals surface area contributed by atoms with E-state index in [0.29, 0.717) is 48.7 Å². The van der Waals surface area contributed by atoms with Crippen LogP contribution >= 0.6 is 0 Å². The van der Waals surface area contributed by atoms with E-state index in [1.165, 1.54) is 18.2 Å². The third-order valence-corrected chi connectivity index (χ3v) is 5.46. The van der Waals surface area contributed by atoms with Crippen LogP contribution in [-0.4, -0.2) is 33.8 Å². The second-order valence-electron chi connectivity index (χ2n) is 7.69. The molecule has 32 heavy (non-hydrogen) atoms. The summed E-state index contributed by atoms with van der Waals surface area (Å²) in [4.78, 5) is 28.9. The van der Waals surface area contributed by atoms with Crippen molar-refractivity contribution in [1.82, 2.24) is 9.55 Å². The van der Waals surface area contributed by atoms with E-state index < -0.39 is 5.97 Å². The normalized spacial score (nSPS) is 14.0. The molecule has 0 saturated carbocycles. The first-order valence-corrected chi connectivity index (χ1v) is 10.9. The Hall–Kier alpha value is -3.61. The van der Waals surface area contributed by atoms with E-state index in [-0.39, 0.29) is 11.1 Å². The molecule has 1 aliphatic rings. The maximum Gasteiger partial charge on any atom is 0.335 e. The van der Waals surface area contributed by atoms with Crippen molar-refractivity contribution in [2.45, 2.75) is 39.7 Å². The molecule has 0 amide bonds. The second-order valence-corrected chi connectivity index (χ2v) is 7.69. The Balaban J connectivity index is 1.72. The van der Waals surface area contributed by atoms with Gasteiger partial charge in [0.2, 0.25) is 0 Å². The number of aromatic carboxylic acids is 1. The minimum Gasteiger partial charge on any atom is -0.490 e. The number of allylic oxidation sites excluding steroid dienone is 1.